The van der Waals surface area contributed by atoms with Crippen molar-refractivity contribution in [2.24, 2.45) is 12.8 Å². The predicted molar refractivity (Wildman–Crippen MR) is 53.3 cm³/mol. The van der Waals surface area contributed by atoms with Gasteiger partial charge in [-0.3, -0.25) is 4.68 Å². The zero-order valence-electron chi connectivity index (χ0n) is 8.21. The first-order valence-electron chi connectivity index (χ1n) is 4.45. The van der Waals surface area contributed by atoms with E-state index < -0.39 is 0 Å². The molecule has 0 aliphatic rings. The Morgan fingerprint density at radius 2 is 2.21 bits per heavy atom. The summed E-state index contributed by atoms with van der Waals surface area (Å²) in [6.07, 6.45) is 0. The minimum atomic E-state index is -0.256. The van der Waals surface area contributed by atoms with Crippen LogP contribution in [0.1, 0.15) is 11.3 Å². The van der Waals surface area contributed by atoms with Crippen LogP contribution >= 0.6 is 0 Å². The maximum atomic E-state index is 13.2. The van der Waals surface area contributed by atoms with Gasteiger partial charge in [0.2, 0.25) is 0 Å². The number of fused-ring (bicyclic) bond motifs is 1. The zero-order chi connectivity index (χ0) is 10.3. The first-order chi connectivity index (χ1) is 6.63. The van der Waals surface area contributed by atoms with Crippen molar-refractivity contribution in [1.29, 1.82) is 0 Å². The molecule has 4 heteroatoms. The van der Waals surface area contributed by atoms with Crippen LogP contribution in [0.4, 0.5) is 4.39 Å². The average molecular weight is 193 g/mol. The normalized spacial score (nSPS) is 11.1. The number of nitrogens with zero attached hydrogens (tertiary/aromatic N) is 2. The Morgan fingerprint density at radius 3 is 2.86 bits per heavy atom. The molecule has 1 aromatic carbocycles. The fraction of sp³-hybridized carbons (Fsp3) is 0.300. The van der Waals surface area contributed by atoms with Gasteiger partial charge in [0.1, 0.15) is 5.82 Å². The van der Waals surface area contributed by atoms with E-state index in [9.17, 15) is 4.39 Å². The molecule has 0 amide bonds. The van der Waals surface area contributed by atoms with Gasteiger partial charge in [0.15, 0.2) is 0 Å². The minimum absolute atomic E-state index is 0.256. The summed E-state index contributed by atoms with van der Waals surface area (Å²) in [6, 6.07) is 2.96. The lowest BCUT2D eigenvalue weighted by Crippen LogP contribution is -2.01. The molecule has 1 aromatic heterocycles. The van der Waals surface area contributed by atoms with Crippen molar-refractivity contribution in [3.05, 3.63) is 29.2 Å². The number of aromatic nitrogens is 2. The second kappa shape index (κ2) is 3.06. The molecular weight excluding hydrogens is 181 g/mol. The minimum Gasteiger partial charge on any atom is -0.326 e. The van der Waals surface area contributed by atoms with Crippen LogP contribution in [0, 0.1) is 12.7 Å². The zero-order valence-corrected chi connectivity index (χ0v) is 8.21. The Balaban J connectivity index is 2.90. The largest absolute Gasteiger partial charge is 0.326 e. The quantitative estimate of drug-likeness (QED) is 0.745. The summed E-state index contributed by atoms with van der Waals surface area (Å²) in [4.78, 5) is 0. The highest BCUT2D eigenvalue weighted by molar-refractivity contribution is 5.84. The van der Waals surface area contributed by atoms with Crippen LogP contribution in [0.15, 0.2) is 12.1 Å². The van der Waals surface area contributed by atoms with Gasteiger partial charge < -0.3 is 5.73 Å². The summed E-state index contributed by atoms with van der Waals surface area (Å²) >= 11 is 0. The van der Waals surface area contributed by atoms with E-state index in [1.165, 1.54) is 12.1 Å². The molecule has 0 radical (unpaired) electrons. The topological polar surface area (TPSA) is 43.8 Å². The van der Waals surface area contributed by atoms with Crippen molar-refractivity contribution in [3.8, 4) is 0 Å². The lowest BCUT2D eigenvalue weighted by atomic mass is 10.1. The van der Waals surface area contributed by atoms with E-state index in [0.717, 1.165) is 22.2 Å². The molecule has 3 nitrogen and oxygen atoms in total. The van der Waals surface area contributed by atoms with Gasteiger partial charge in [-0.1, -0.05) is 0 Å². The van der Waals surface area contributed by atoms with Crippen LogP contribution in [0.3, 0.4) is 0 Å². The highest BCUT2D eigenvalue weighted by Gasteiger charge is 2.10. The van der Waals surface area contributed by atoms with Crippen LogP contribution in [0.25, 0.3) is 10.9 Å². The molecule has 74 valence electrons. The lowest BCUT2D eigenvalue weighted by Gasteiger charge is -2.02. The van der Waals surface area contributed by atoms with E-state index in [-0.39, 0.29) is 5.82 Å². The smallest absolute Gasteiger partial charge is 0.124 e. The van der Waals surface area contributed by atoms with Crippen molar-refractivity contribution in [1.82, 2.24) is 9.78 Å². The first-order valence-corrected chi connectivity index (χ1v) is 4.45. The summed E-state index contributed by atoms with van der Waals surface area (Å²) in [5.41, 5.74) is 8.10. The van der Waals surface area contributed by atoms with E-state index in [2.05, 4.69) is 5.10 Å². The second-order valence-electron chi connectivity index (χ2n) is 3.37. The van der Waals surface area contributed by atoms with Gasteiger partial charge >= 0.3 is 0 Å². The number of hydrogen-bond acceptors (Lipinski definition) is 2. The number of aryl methyl sites for hydroxylation is 2. The van der Waals surface area contributed by atoms with Gasteiger partial charge in [0, 0.05) is 19.0 Å². The van der Waals surface area contributed by atoms with Crippen LogP contribution in [0.2, 0.25) is 0 Å². The van der Waals surface area contributed by atoms with Gasteiger partial charge in [-0.05, 0) is 24.6 Å². The van der Waals surface area contributed by atoms with Gasteiger partial charge in [0.25, 0.3) is 0 Å². The van der Waals surface area contributed by atoms with Crippen LogP contribution in [-0.2, 0) is 13.6 Å². The molecule has 0 aliphatic heterocycles. The summed E-state index contributed by atoms with van der Waals surface area (Å²) in [5.74, 6) is -0.256. The third-order valence-electron chi connectivity index (χ3n) is 2.39. The molecule has 2 aromatic rings. The molecule has 0 aliphatic carbocycles. The number of hydrogen-bond donors (Lipinski definition) is 1. The van der Waals surface area contributed by atoms with Gasteiger partial charge in [-0.2, -0.15) is 5.10 Å². The molecule has 2 rings (SSSR count). The molecule has 0 saturated heterocycles. The molecule has 0 atom stereocenters. The van der Waals surface area contributed by atoms with E-state index in [0.29, 0.717) is 6.54 Å². The third-order valence-corrected chi connectivity index (χ3v) is 2.39. The van der Waals surface area contributed by atoms with Crippen molar-refractivity contribution >= 4 is 10.9 Å². The summed E-state index contributed by atoms with van der Waals surface area (Å²) in [6.45, 7) is 2.19. The highest BCUT2D eigenvalue weighted by atomic mass is 19.1. The van der Waals surface area contributed by atoms with E-state index in [1.807, 2.05) is 14.0 Å². The van der Waals surface area contributed by atoms with Crippen LogP contribution in [0.5, 0.6) is 0 Å². The number of nitrogens with two attached hydrogens (primary N) is 1. The van der Waals surface area contributed by atoms with Gasteiger partial charge in [-0.15, -0.1) is 0 Å². The van der Waals surface area contributed by atoms with Crippen molar-refractivity contribution in [2.75, 3.05) is 0 Å². The molecular formula is C10H12FN3. The van der Waals surface area contributed by atoms with Crippen LogP contribution < -0.4 is 5.73 Å². The number of benzene rings is 1. The molecule has 0 bridgehead atoms. The Bertz CT molecular complexity index is 488. The molecule has 0 unspecified atom stereocenters. The fourth-order valence-corrected chi connectivity index (χ4v) is 1.80. The monoisotopic (exact) mass is 193 g/mol. The average Bonchev–Trinajstić information content (AvgIpc) is 2.41. The maximum absolute atomic E-state index is 13.2. The summed E-state index contributed by atoms with van der Waals surface area (Å²) < 4.78 is 14.9. The van der Waals surface area contributed by atoms with Crippen LogP contribution in [-0.4, -0.2) is 9.78 Å². The molecule has 0 spiro atoms. The summed E-state index contributed by atoms with van der Waals surface area (Å²) in [7, 11) is 1.84. The van der Waals surface area contributed by atoms with Gasteiger partial charge in [-0.25, -0.2) is 4.39 Å². The second-order valence-corrected chi connectivity index (χ2v) is 3.37. The Hall–Kier alpha value is -1.42. The SMILES string of the molecule is Cc1nn(C)c2c(CN)cc(F)cc12. The highest BCUT2D eigenvalue weighted by Crippen LogP contribution is 2.22. The molecule has 2 N–H and O–H groups in total. The molecule has 0 saturated carbocycles. The first kappa shape index (κ1) is 9.15. The number of rotatable bonds is 1. The molecule has 1 heterocycles. The van der Waals surface area contributed by atoms with Crippen molar-refractivity contribution < 1.29 is 4.39 Å². The third kappa shape index (κ3) is 1.19. The van der Waals surface area contributed by atoms with Crippen molar-refractivity contribution in [2.45, 2.75) is 13.5 Å². The Kier molecular flexibility index (Phi) is 2.00. The fourth-order valence-electron chi connectivity index (χ4n) is 1.80. The van der Waals surface area contributed by atoms with Crippen molar-refractivity contribution in [3.63, 3.8) is 0 Å². The van der Waals surface area contributed by atoms with E-state index >= 15 is 0 Å². The standard InChI is InChI=1S/C10H12FN3/c1-6-9-4-8(11)3-7(5-12)10(9)14(2)13-6/h3-4H,5,12H2,1-2H3. The maximum Gasteiger partial charge on any atom is 0.124 e. The Labute approximate surface area is 81.3 Å². The van der Waals surface area contributed by atoms with E-state index in [4.69, 9.17) is 5.73 Å². The number of halogens is 1. The predicted octanol–water partition coefficient (Wildman–Crippen LogP) is 1.48. The molecule has 14 heavy (non-hydrogen) atoms. The summed E-state index contributed by atoms with van der Waals surface area (Å²) in [5, 5.41) is 5.08. The van der Waals surface area contributed by atoms with Gasteiger partial charge in [0.05, 0.1) is 11.2 Å². The van der Waals surface area contributed by atoms with E-state index in [1.54, 1.807) is 4.68 Å². The molecule has 0 fully saturated rings. The Morgan fingerprint density at radius 1 is 1.50 bits per heavy atom. The lowest BCUT2D eigenvalue weighted by molar-refractivity contribution is 0.627.